The second kappa shape index (κ2) is 12.7. The van der Waals surface area contributed by atoms with Gasteiger partial charge in [-0.3, -0.25) is 14.5 Å². The normalized spacial score (nSPS) is 14.2. The third-order valence-corrected chi connectivity index (χ3v) is 7.57. The summed E-state index contributed by atoms with van der Waals surface area (Å²) < 4.78 is 11.9. The van der Waals surface area contributed by atoms with Crippen molar-refractivity contribution in [2.24, 2.45) is 0 Å². The van der Waals surface area contributed by atoms with Gasteiger partial charge in [0.25, 0.3) is 11.8 Å². The van der Waals surface area contributed by atoms with Gasteiger partial charge >= 0.3 is 0 Å². The molecule has 2 amide bonds. The molecular formula is C28H24Cl2N2O4S2. The molecule has 1 heterocycles. The summed E-state index contributed by atoms with van der Waals surface area (Å²) in [6.07, 6.45) is 2.69. The van der Waals surface area contributed by atoms with Crippen LogP contribution in [-0.2, 0) is 16.0 Å². The van der Waals surface area contributed by atoms with Crippen LogP contribution < -0.4 is 19.7 Å². The number of rotatable bonds is 9. The maximum absolute atomic E-state index is 13.2. The number of aryl methyl sites for hydroxylation is 1. The fourth-order valence-electron chi connectivity index (χ4n) is 3.64. The second-order valence-electron chi connectivity index (χ2n) is 8.14. The Morgan fingerprint density at radius 2 is 1.76 bits per heavy atom. The van der Waals surface area contributed by atoms with Crippen molar-refractivity contribution < 1.29 is 19.1 Å². The van der Waals surface area contributed by atoms with E-state index in [0.717, 1.165) is 17.7 Å². The molecular weight excluding hydrogens is 563 g/mol. The first-order chi connectivity index (χ1) is 18.3. The van der Waals surface area contributed by atoms with Crippen LogP contribution >= 0.6 is 47.2 Å². The van der Waals surface area contributed by atoms with E-state index in [1.165, 1.54) is 17.3 Å². The average molecular weight is 588 g/mol. The quantitative estimate of drug-likeness (QED) is 0.208. The SMILES string of the molecule is CCOc1cc(/C=C2\SC(=S)N(c3ccc(CC)cc3)C2=O)ccc1OCC(=O)Nc1ccc(Cl)c(Cl)c1. The first-order valence-electron chi connectivity index (χ1n) is 11.8. The fourth-order valence-corrected chi connectivity index (χ4v) is 5.24. The molecule has 0 unspecified atom stereocenters. The van der Waals surface area contributed by atoms with Crippen LogP contribution in [-0.4, -0.2) is 29.3 Å². The predicted octanol–water partition coefficient (Wildman–Crippen LogP) is 7.38. The molecule has 0 radical (unpaired) electrons. The molecule has 0 saturated carbocycles. The van der Waals surface area contributed by atoms with Gasteiger partial charge in [-0.2, -0.15) is 0 Å². The summed E-state index contributed by atoms with van der Waals surface area (Å²) in [5.74, 6) is 0.304. The molecule has 4 rings (SSSR count). The Hall–Kier alpha value is -3.04. The van der Waals surface area contributed by atoms with E-state index in [9.17, 15) is 9.59 Å². The first-order valence-corrected chi connectivity index (χ1v) is 13.8. The van der Waals surface area contributed by atoms with Gasteiger partial charge in [0.1, 0.15) is 0 Å². The van der Waals surface area contributed by atoms with Crippen LogP contribution in [0.4, 0.5) is 11.4 Å². The number of nitrogens with one attached hydrogen (secondary N) is 1. The van der Waals surface area contributed by atoms with Crippen molar-refractivity contribution in [2.75, 3.05) is 23.4 Å². The largest absolute Gasteiger partial charge is 0.490 e. The Balaban J connectivity index is 1.46. The molecule has 3 aromatic carbocycles. The van der Waals surface area contributed by atoms with Gasteiger partial charge in [0, 0.05) is 5.69 Å². The van der Waals surface area contributed by atoms with Crippen molar-refractivity contribution in [2.45, 2.75) is 20.3 Å². The lowest BCUT2D eigenvalue weighted by molar-refractivity contribution is -0.118. The number of thioether (sulfide) groups is 1. The minimum Gasteiger partial charge on any atom is -0.490 e. The highest BCUT2D eigenvalue weighted by Crippen LogP contribution is 2.37. The molecule has 1 N–H and O–H groups in total. The van der Waals surface area contributed by atoms with E-state index in [-0.39, 0.29) is 18.4 Å². The summed E-state index contributed by atoms with van der Waals surface area (Å²) in [5, 5.41) is 3.45. The van der Waals surface area contributed by atoms with Crippen molar-refractivity contribution in [1.82, 2.24) is 0 Å². The highest BCUT2D eigenvalue weighted by Gasteiger charge is 2.33. The summed E-state index contributed by atoms with van der Waals surface area (Å²) in [7, 11) is 0. The number of ether oxygens (including phenoxy) is 2. The monoisotopic (exact) mass is 586 g/mol. The lowest BCUT2D eigenvalue weighted by Gasteiger charge is -2.15. The molecule has 6 nitrogen and oxygen atoms in total. The summed E-state index contributed by atoms with van der Waals surface area (Å²) in [4.78, 5) is 27.6. The van der Waals surface area contributed by atoms with Crippen molar-refractivity contribution in [3.05, 3.63) is 86.7 Å². The zero-order chi connectivity index (χ0) is 27.2. The molecule has 196 valence electrons. The molecule has 10 heteroatoms. The number of carbonyl (C=O) groups is 2. The van der Waals surface area contributed by atoms with E-state index in [1.54, 1.807) is 47.4 Å². The predicted molar refractivity (Wildman–Crippen MR) is 160 cm³/mol. The number of nitrogens with zero attached hydrogens (tertiary/aromatic N) is 1. The minimum absolute atomic E-state index is 0.179. The molecule has 1 fully saturated rings. The lowest BCUT2D eigenvalue weighted by Crippen LogP contribution is -2.27. The molecule has 0 aliphatic carbocycles. The van der Waals surface area contributed by atoms with Gasteiger partial charge in [-0.25, -0.2) is 0 Å². The van der Waals surface area contributed by atoms with Gasteiger partial charge in [0.2, 0.25) is 0 Å². The van der Waals surface area contributed by atoms with Crippen molar-refractivity contribution in [3.63, 3.8) is 0 Å². The summed E-state index contributed by atoms with van der Waals surface area (Å²) in [6.45, 7) is 4.08. The number of hydrogen-bond acceptors (Lipinski definition) is 6. The van der Waals surface area contributed by atoms with E-state index in [0.29, 0.717) is 43.1 Å². The third-order valence-electron chi connectivity index (χ3n) is 5.52. The third kappa shape index (κ3) is 6.69. The van der Waals surface area contributed by atoms with Crippen LogP contribution in [0.3, 0.4) is 0 Å². The number of amides is 2. The van der Waals surface area contributed by atoms with Crippen molar-refractivity contribution in [1.29, 1.82) is 0 Å². The van der Waals surface area contributed by atoms with E-state index in [1.807, 2.05) is 31.2 Å². The topological polar surface area (TPSA) is 67.9 Å². The molecule has 3 aromatic rings. The number of anilines is 2. The summed E-state index contributed by atoms with van der Waals surface area (Å²) >= 11 is 18.7. The van der Waals surface area contributed by atoms with Crippen LogP contribution in [0.1, 0.15) is 25.0 Å². The lowest BCUT2D eigenvalue weighted by atomic mass is 10.1. The van der Waals surface area contributed by atoms with Crippen molar-refractivity contribution in [3.8, 4) is 11.5 Å². The maximum Gasteiger partial charge on any atom is 0.270 e. The van der Waals surface area contributed by atoms with Gasteiger partial charge in [-0.15, -0.1) is 0 Å². The van der Waals surface area contributed by atoms with Gasteiger partial charge in [0.05, 0.1) is 27.2 Å². The van der Waals surface area contributed by atoms with Gasteiger partial charge in [-0.1, -0.05) is 72.3 Å². The molecule has 1 saturated heterocycles. The summed E-state index contributed by atoms with van der Waals surface area (Å²) in [5.41, 5.74) is 3.17. The smallest absolute Gasteiger partial charge is 0.270 e. The maximum atomic E-state index is 13.2. The number of hydrogen-bond donors (Lipinski definition) is 1. The number of benzene rings is 3. The van der Waals surface area contributed by atoms with Gasteiger partial charge < -0.3 is 14.8 Å². The van der Waals surface area contributed by atoms with Crippen LogP contribution in [0.5, 0.6) is 11.5 Å². The Labute approximate surface area is 240 Å². The molecule has 1 aliphatic heterocycles. The van der Waals surface area contributed by atoms with Crippen LogP contribution in [0.2, 0.25) is 10.0 Å². The van der Waals surface area contributed by atoms with Crippen LogP contribution in [0.25, 0.3) is 6.08 Å². The molecule has 0 atom stereocenters. The molecule has 1 aliphatic rings. The Morgan fingerprint density at radius 1 is 1.00 bits per heavy atom. The van der Waals surface area contributed by atoms with E-state index in [2.05, 4.69) is 12.2 Å². The highest BCUT2D eigenvalue weighted by molar-refractivity contribution is 8.27. The average Bonchev–Trinajstić information content (AvgIpc) is 3.18. The Bertz CT molecular complexity index is 1410. The van der Waals surface area contributed by atoms with Gasteiger partial charge in [-0.05, 0) is 73.0 Å². The van der Waals surface area contributed by atoms with Crippen molar-refractivity contribution >= 4 is 80.8 Å². The van der Waals surface area contributed by atoms with E-state index >= 15 is 0 Å². The second-order valence-corrected chi connectivity index (χ2v) is 10.6. The van der Waals surface area contributed by atoms with E-state index < -0.39 is 0 Å². The highest BCUT2D eigenvalue weighted by atomic mass is 35.5. The van der Waals surface area contributed by atoms with Gasteiger partial charge in [0.15, 0.2) is 22.4 Å². The van der Waals surface area contributed by atoms with E-state index in [4.69, 9.17) is 44.9 Å². The Kier molecular flexibility index (Phi) is 9.33. The zero-order valence-corrected chi connectivity index (χ0v) is 23.8. The van der Waals surface area contributed by atoms with Crippen LogP contribution in [0.15, 0.2) is 65.6 Å². The number of halogens is 2. The standard InChI is InChI=1S/C28H24Cl2N2O4S2/c1-3-17-5-9-20(10-6-17)32-27(34)25(38-28(32)37)14-18-7-12-23(24(13-18)35-4-2)36-16-26(33)31-19-8-11-21(29)22(30)15-19/h5-15H,3-4,16H2,1-2H3,(H,31,33)/b25-14-. The molecule has 0 aromatic heterocycles. The van der Waals surface area contributed by atoms with Crippen LogP contribution in [0, 0.1) is 0 Å². The first kappa shape index (κ1) is 28.0. The minimum atomic E-state index is -0.370. The number of thiocarbonyl (C=S) groups is 1. The molecule has 0 spiro atoms. The number of carbonyl (C=O) groups excluding carboxylic acids is 2. The molecule has 0 bridgehead atoms. The summed E-state index contributed by atoms with van der Waals surface area (Å²) in [6, 6.07) is 17.9. The zero-order valence-electron chi connectivity index (χ0n) is 20.6. The fraction of sp³-hybridized carbons (Fsp3) is 0.179. The molecule has 38 heavy (non-hydrogen) atoms. The Morgan fingerprint density at radius 3 is 2.45 bits per heavy atom.